The third-order valence-electron chi connectivity index (χ3n) is 5.06. The number of Topliss-reactive ketones (excluding diaryl/α,β-unsaturated/α-hetero) is 1. The van der Waals surface area contributed by atoms with E-state index in [1.165, 1.54) is 24.0 Å². The van der Waals surface area contributed by atoms with Crippen LogP contribution in [0, 0.1) is 0 Å². The minimum atomic E-state index is -3.87. The van der Waals surface area contributed by atoms with Gasteiger partial charge in [-0.05, 0) is 57.5 Å². The summed E-state index contributed by atoms with van der Waals surface area (Å²) < 4.78 is 27.0. The second kappa shape index (κ2) is 11.6. The van der Waals surface area contributed by atoms with Crippen LogP contribution in [0.3, 0.4) is 0 Å². The Balaban J connectivity index is 2.43. The van der Waals surface area contributed by atoms with Gasteiger partial charge >= 0.3 is 0 Å². The number of ketones is 1. The summed E-state index contributed by atoms with van der Waals surface area (Å²) in [6.45, 7) is 6.21. The standard InChI is InChI=1S/C24H30BrN3O5S/c1-16(2)26-24(31)17(3)27(14-19-8-6-10-21(25)12-19)23(30)15-28(34(5,32)33)22-11-7-9-20(13-22)18(4)29/h6-13,16-17H,14-15H2,1-5H3,(H,26,31). The molecule has 1 N–H and O–H groups in total. The van der Waals surface area contributed by atoms with Gasteiger partial charge in [-0.2, -0.15) is 0 Å². The van der Waals surface area contributed by atoms with Gasteiger partial charge in [-0.15, -0.1) is 0 Å². The molecule has 8 nitrogen and oxygen atoms in total. The smallest absolute Gasteiger partial charge is 0.244 e. The van der Waals surface area contributed by atoms with Crippen molar-refractivity contribution in [1.29, 1.82) is 0 Å². The first-order valence-electron chi connectivity index (χ1n) is 10.7. The monoisotopic (exact) mass is 551 g/mol. The van der Waals surface area contributed by atoms with E-state index in [0.29, 0.717) is 5.56 Å². The second-order valence-electron chi connectivity index (χ2n) is 8.37. The molecule has 0 aliphatic heterocycles. The van der Waals surface area contributed by atoms with Crippen LogP contribution in [-0.4, -0.2) is 55.8 Å². The average Bonchev–Trinajstić information content (AvgIpc) is 2.74. The Bertz CT molecular complexity index is 1170. The van der Waals surface area contributed by atoms with E-state index >= 15 is 0 Å². The molecule has 2 amide bonds. The van der Waals surface area contributed by atoms with E-state index in [1.54, 1.807) is 19.1 Å². The third-order valence-corrected chi connectivity index (χ3v) is 6.69. The van der Waals surface area contributed by atoms with E-state index in [2.05, 4.69) is 21.2 Å². The van der Waals surface area contributed by atoms with Crippen LogP contribution in [0.15, 0.2) is 53.0 Å². The molecule has 2 aromatic carbocycles. The zero-order valence-electron chi connectivity index (χ0n) is 19.9. The summed E-state index contributed by atoms with van der Waals surface area (Å²) in [4.78, 5) is 39.4. The first kappa shape index (κ1) is 27.5. The topological polar surface area (TPSA) is 104 Å². The Kier molecular flexibility index (Phi) is 9.40. The van der Waals surface area contributed by atoms with Crippen molar-refractivity contribution in [2.24, 2.45) is 0 Å². The first-order chi connectivity index (χ1) is 15.8. The van der Waals surface area contributed by atoms with Crippen LogP contribution in [0.4, 0.5) is 5.69 Å². The van der Waals surface area contributed by atoms with E-state index < -0.39 is 28.5 Å². The number of anilines is 1. The van der Waals surface area contributed by atoms with Crippen LogP contribution in [0.5, 0.6) is 0 Å². The fraction of sp³-hybridized carbons (Fsp3) is 0.375. The molecule has 0 aliphatic carbocycles. The summed E-state index contributed by atoms with van der Waals surface area (Å²) in [7, 11) is -3.87. The molecule has 1 unspecified atom stereocenters. The molecule has 1 atom stereocenters. The van der Waals surface area contributed by atoms with Gasteiger partial charge in [0, 0.05) is 22.6 Å². The number of halogens is 1. The molecule has 0 aliphatic rings. The SMILES string of the molecule is CC(=O)c1cccc(N(CC(=O)N(Cc2cccc(Br)c2)C(C)C(=O)NC(C)C)S(C)(=O)=O)c1. The Morgan fingerprint density at radius 2 is 1.68 bits per heavy atom. The van der Waals surface area contributed by atoms with Crippen LogP contribution < -0.4 is 9.62 Å². The van der Waals surface area contributed by atoms with Gasteiger partial charge in [-0.25, -0.2) is 8.42 Å². The zero-order valence-corrected chi connectivity index (χ0v) is 22.3. The summed E-state index contributed by atoms with van der Waals surface area (Å²) in [6.07, 6.45) is 0.994. The number of carbonyl (C=O) groups is 3. The molecule has 0 bridgehead atoms. The fourth-order valence-electron chi connectivity index (χ4n) is 3.31. The highest BCUT2D eigenvalue weighted by atomic mass is 79.9. The summed E-state index contributed by atoms with van der Waals surface area (Å²) in [5.74, 6) is -1.12. The highest BCUT2D eigenvalue weighted by Crippen LogP contribution is 2.21. The number of benzene rings is 2. The maximum Gasteiger partial charge on any atom is 0.244 e. The Labute approximate surface area is 209 Å². The van der Waals surface area contributed by atoms with Crippen molar-refractivity contribution in [3.8, 4) is 0 Å². The largest absolute Gasteiger partial charge is 0.352 e. The van der Waals surface area contributed by atoms with Crippen LogP contribution in [0.25, 0.3) is 0 Å². The summed E-state index contributed by atoms with van der Waals surface area (Å²) in [6, 6.07) is 12.4. The number of amides is 2. The fourth-order valence-corrected chi connectivity index (χ4v) is 4.60. The predicted octanol–water partition coefficient (Wildman–Crippen LogP) is 3.36. The van der Waals surface area contributed by atoms with Crippen molar-refractivity contribution >= 4 is 49.2 Å². The van der Waals surface area contributed by atoms with Gasteiger partial charge in [-0.3, -0.25) is 18.7 Å². The number of carbonyl (C=O) groups excluding carboxylic acids is 3. The molecule has 0 radical (unpaired) electrons. The van der Waals surface area contributed by atoms with Gasteiger partial charge in [0.2, 0.25) is 21.8 Å². The average molecular weight is 552 g/mol. The zero-order chi connectivity index (χ0) is 25.6. The van der Waals surface area contributed by atoms with E-state index in [4.69, 9.17) is 0 Å². The van der Waals surface area contributed by atoms with Gasteiger partial charge in [0.05, 0.1) is 11.9 Å². The lowest BCUT2D eigenvalue weighted by atomic mass is 10.1. The van der Waals surface area contributed by atoms with Crippen molar-refractivity contribution in [3.63, 3.8) is 0 Å². The van der Waals surface area contributed by atoms with Gasteiger partial charge < -0.3 is 10.2 Å². The third kappa shape index (κ3) is 7.66. The van der Waals surface area contributed by atoms with E-state index in [0.717, 1.165) is 20.6 Å². The van der Waals surface area contributed by atoms with Gasteiger partial charge in [0.1, 0.15) is 12.6 Å². The van der Waals surface area contributed by atoms with E-state index in [-0.39, 0.29) is 30.0 Å². The molecule has 10 heteroatoms. The van der Waals surface area contributed by atoms with Gasteiger partial charge in [0.25, 0.3) is 0 Å². The summed E-state index contributed by atoms with van der Waals surface area (Å²) >= 11 is 3.41. The molecule has 34 heavy (non-hydrogen) atoms. The van der Waals surface area contributed by atoms with Gasteiger partial charge in [0.15, 0.2) is 5.78 Å². The molecule has 0 saturated heterocycles. The highest BCUT2D eigenvalue weighted by Gasteiger charge is 2.30. The maximum absolute atomic E-state index is 13.5. The normalized spacial score (nSPS) is 12.2. The van der Waals surface area contributed by atoms with Crippen molar-refractivity contribution in [2.75, 3.05) is 17.1 Å². The molecule has 2 aromatic rings. The molecule has 0 saturated carbocycles. The number of hydrogen-bond donors (Lipinski definition) is 1. The lowest BCUT2D eigenvalue weighted by molar-refractivity contribution is -0.139. The minimum absolute atomic E-state index is 0.107. The number of nitrogens with zero attached hydrogens (tertiary/aromatic N) is 2. The summed E-state index contributed by atoms with van der Waals surface area (Å²) in [5.41, 5.74) is 1.30. The molecule has 0 spiro atoms. The Hall–Kier alpha value is -2.72. The number of sulfonamides is 1. The van der Waals surface area contributed by atoms with Crippen molar-refractivity contribution in [1.82, 2.24) is 10.2 Å². The van der Waals surface area contributed by atoms with Crippen LogP contribution >= 0.6 is 15.9 Å². The molecular formula is C24H30BrN3O5S. The van der Waals surface area contributed by atoms with Gasteiger partial charge in [-0.1, -0.05) is 40.2 Å². The van der Waals surface area contributed by atoms with Crippen molar-refractivity contribution in [2.45, 2.75) is 46.3 Å². The molecule has 2 rings (SSSR count). The van der Waals surface area contributed by atoms with Crippen LogP contribution in [0.1, 0.15) is 43.6 Å². The minimum Gasteiger partial charge on any atom is -0.352 e. The Morgan fingerprint density at radius 1 is 1.03 bits per heavy atom. The van der Waals surface area contributed by atoms with E-state index in [9.17, 15) is 22.8 Å². The Morgan fingerprint density at radius 3 is 2.24 bits per heavy atom. The second-order valence-corrected chi connectivity index (χ2v) is 11.2. The maximum atomic E-state index is 13.5. The molecular weight excluding hydrogens is 522 g/mol. The number of rotatable bonds is 10. The lowest BCUT2D eigenvalue weighted by Gasteiger charge is -2.32. The predicted molar refractivity (Wildman–Crippen MR) is 136 cm³/mol. The molecule has 0 heterocycles. The summed E-state index contributed by atoms with van der Waals surface area (Å²) in [5, 5.41) is 2.80. The molecule has 184 valence electrons. The molecule has 0 aromatic heterocycles. The quantitative estimate of drug-likeness (QED) is 0.456. The molecule has 0 fully saturated rings. The number of nitrogens with one attached hydrogen (secondary N) is 1. The van der Waals surface area contributed by atoms with Crippen LogP contribution in [-0.2, 0) is 26.2 Å². The number of hydrogen-bond acceptors (Lipinski definition) is 5. The highest BCUT2D eigenvalue weighted by molar-refractivity contribution is 9.10. The van der Waals surface area contributed by atoms with Crippen molar-refractivity contribution in [3.05, 3.63) is 64.1 Å². The van der Waals surface area contributed by atoms with Crippen LogP contribution in [0.2, 0.25) is 0 Å². The van der Waals surface area contributed by atoms with Crippen molar-refractivity contribution < 1.29 is 22.8 Å². The van der Waals surface area contributed by atoms with E-state index in [1.807, 2.05) is 38.1 Å². The lowest BCUT2D eigenvalue weighted by Crippen LogP contribution is -2.52. The first-order valence-corrected chi connectivity index (χ1v) is 13.4.